The van der Waals surface area contributed by atoms with Crippen LogP contribution in [0, 0.1) is 0 Å². The van der Waals surface area contributed by atoms with Crippen LogP contribution < -0.4 is 11.1 Å². The second kappa shape index (κ2) is 6.82. The molecular formula is C16H16ClN3O5S. The van der Waals surface area contributed by atoms with E-state index in [2.05, 4.69) is 5.32 Å². The van der Waals surface area contributed by atoms with Gasteiger partial charge in [-0.15, -0.1) is 11.8 Å². The summed E-state index contributed by atoms with van der Waals surface area (Å²) in [7, 11) is 0. The number of amides is 2. The third-order valence-corrected chi connectivity index (χ3v) is 6.00. The lowest BCUT2D eigenvalue weighted by atomic mass is 10.0. The zero-order valence-electron chi connectivity index (χ0n) is 13.6. The van der Waals surface area contributed by atoms with Crippen molar-refractivity contribution in [3.8, 4) is 5.75 Å². The van der Waals surface area contributed by atoms with Crippen molar-refractivity contribution in [2.45, 2.75) is 24.4 Å². The van der Waals surface area contributed by atoms with Gasteiger partial charge in [0.2, 0.25) is 5.91 Å². The number of phenols is 1. The highest BCUT2D eigenvalue weighted by Crippen LogP contribution is 2.40. The zero-order valence-corrected chi connectivity index (χ0v) is 15.2. The number of aromatic hydroxyl groups is 1. The van der Waals surface area contributed by atoms with Gasteiger partial charge in [-0.25, -0.2) is 4.79 Å². The third-order valence-electron chi connectivity index (χ3n) is 4.27. The number of aliphatic carboxylic acids is 1. The number of β-lactam (4-membered cyclic amide) rings is 1. The smallest absolute Gasteiger partial charge is 0.352 e. The van der Waals surface area contributed by atoms with E-state index in [9.17, 15) is 24.6 Å². The third kappa shape index (κ3) is 3.02. The fourth-order valence-corrected chi connectivity index (χ4v) is 4.37. The number of hydrogen-bond donors (Lipinski definition) is 4. The zero-order chi connectivity index (χ0) is 19.2. The maximum absolute atomic E-state index is 12.4. The van der Waals surface area contributed by atoms with E-state index < -0.39 is 35.2 Å². The summed E-state index contributed by atoms with van der Waals surface area (Å²) in [5.41, 5.74) is 6.87. The molecule has 0 saturated carbocycles. The molecule has 2 aliphatic heterocycles. The molecule has 1 saturated heterocycles. The number of nitrogens with one attached hydrogen (secondary N) is 1. The van der Waals surface area contributed by atoms with Crippen molar-refractivity contribution in [3.63, 3.8) is 0 Å². The SMILES string of the molecule is CC1=C(C(=O)O)N2C(=O)[C@H](NC(=O)[C@H](N)c3ccc(O)c(Cl)c3)[C@@H]2SC1. The maximum atomic E-state index is 12.4. The minimum Gasteiger partial charge on any atom is -0.506 e. The van der Waals surface area contributed by atoms with Crippen molar-refractivity contribution in [1.82, 2.24) is 10.2 Å². The fraction of sp³-hybridized carbons (Fsp3) is 0.312. The van der Waals surface area contributed by atoms with Gasteiger partial charge >= 0.3 is 5.97 Å². The highest BCUT2D eigenvalue weighted by atomic mass is 35.5. The largest absolute Gasteiger partial charge is 0.506 e. The molecule has 0 spiro atoms. The Labute approximate surface area is 158 Å². The lowest BCUT2D eigenvalue weighted by Crippen LogP contribution is -2.71. The number of fused-ring (bicyclic) bond motifs is 1. The van der Waals surface area contributed by atoms with Gasteiger partial charge in [0.25, 0.3) is 5.91 Å². The van der Waals surface area contributed by atoms with Crippen LogP contribution in [0.5, 0.6) is 5.75 Å². The number of phenolic OH excluding ortho intramolecular Hbond substituents is 1. The number of hydrogen-bond acceptors (Lipinski definition) is 6. The number of carbonyl (C=O) groups is 3. The Morgan fingerprint density at radius 2 is 2.15 bits per heavy atom. The summed E-state index contributed by atoms with van der Waals surface area (Å²) in [6, 6.07) is 2.24. The van der Waals surface area contributed by atoms with E-state index in [4.69, 9.17) is 17.3 Å². The normalized spacial score (nSPS) is 23.2. The first kappa shape index (κ1) is 18.6. The van der Waals surface area contributed by atoms with E-state index in [1.165, 1.54) is 34.9 Å². The van der Waals surface area contributed by atoms with Gasteiger partial charge in [0.15, 0.2) is 0 Å². The van der Waals surface area contributed by atoms with E-state index in [1.807, 2.05) is 0 Å². The van der Waals surface area contributed by atoms with Gasteiger partial charge in [0, 0.05) is 5.75 Å². The highest BCUT2D eigenvalue weighted by Gasteiger charge is 2.53. The van der Waals surface area contributed by atoms with Gasteiger partial charge in [-0.2, -0.15) is 0 Å². The van der Waals surface area contributed by atoms with E-state index in [-0.39, 0.29) is 16.5 Å². The minimum absolute atomic E-state index is 0.0288. The first-order chi connectivity index (χ1) is 12.2. The molecule has 0 unspecified atom stereocenters. The lowest BCUT2D eigenvalue weighted by molar-refractivity contribution is -0.150. The summed E-state index contributed by atoms with van der Waals surface area (Å²) in [5.74, 6) is -1.91. The predicted octanol–water partition coefficient (Wildman–Crippen LogP) is 0.804. The van der Waals surface area contributed by atoms with Gasteiger partial charge in [-0.1, -0.05) is 17.7 Å². The van der Waals surface area contributed by atoms with Crippen LogP contribution in [0.25, 0.3) is 0 Å². The monoisotopic (exact) mass is 397 g/mol. The van der Waals surface area contributed by atoms with Crippen LogP contribution in [0.4, 0.5) is 0 Å². The highest BCUT2D eigenvalue weighted by molar-refractivity contribution is 8.00. The topological polar surface area (TPSA) is 133 Å². The molecule has 0 bridgehead atoms. The quantitative estimate of drug-likeness (QED) is 0.552. The van der Waals surface area contributed by atoms with Crippen LogP contribution in [0.3, 0.4) is 0 Å². The standard InChI is InChI=1S/C16H16ClN3O5S/c1-6-5-26-15-11(14(23)20(15)12(6)16(24)25)19-13(22)10(18)7-2-3-9(21)8(17)4-7/h2-4,10-11,15,21H,5,18H2,1H3,(H,19,22)(H,24,25)/t10-,11+,15+/m1/s1. The molecule has 1 aromatic carbocycles. The van der Waals surface area contributed by atoms with Crippen molar-refractivity contribution in [2.24, 2.45) is 5.73 Å². The van der Waals surface area contributed by atoms with Crippen LogP contribution in [0.1, 0.15) is 18.5 Å². The van der Waals surface area contributed by atoms with Crippen molar-refractivity contribution in [2.75, 3.05) is 5.75 Å². The molecular weight excluding hydrogens is 382 g/mol. The summed E-state index contributed by atoms with van der Waals surface area (Å²) in [6.07, 6.45) is 0. The lowest BCUT2D eigenvalue weighted by Gasteiger charge is -2.49. The Morgan fingerprint density at radius 1 is 1.46 bits per heavy atom. The molecule has 3 rings (SSSR count). The van der Waals surface area contributed by atoms with Crippen LogP contribution in [-0.2, 0) is 14.4 Å². The molecule has 0 radical (unpaired) electrons. The Balaban J connectivity index is 1.72. The van der Waals surface area contributed by atoms with Gasteiger partial charge in [0.1, 0.15) is 28.9 Å². The fourth-order valence-electron chi connectivity index (χ4n) is 2.89. The van der Waals surface area contributed by atoms with Gasteiger partial charge in [0.05, 0.1) is 5.02 Å². The molecule has 138 valence electrons. The predicted molar refractivity (Wildman–Crippen MR) is 95.4 cm³/mol. The number of halogens is 1. The second-order valence-corrected chi connectivity index (χ2v) is 7.53. The summed E-state index contributed by atoms with van der Waals surface area (Å²) in [5, 5.41) is 20.9. The van der Waals surface area contributed by atoms with Crippen LogP contribution in [0.15, 0.2) is 29.5 Å². The Kier molecular flexibility index (Phi) is 4.87. The molecule has 2 amide bonds. The number of nitrogens with zero attached hydrogens (tertiary/aromatic N) is 1. The average Bonchev–Trinajstić information content (AvgIpc) is 2.60. The summed E-state index contributed by atoms with van der Waals surface area (Å²) in [6.45, 7) is 1.66. The second-order valence-electron chi connectivity index (χ2n) is 6.02. The molecule has 3 atom stereocenters. The van der Waals surface area contributed by atoms with Crippen molar-refractivity contribution in [1.29, 1.82) is 0 Å². The number of carbonyl (C=O) groups excluding carboxylic acids is 2. The average molecular weight is 398 g/mol. The molecule has 0 aliphatic carbocycles. The van der Waals surface area contributed by atoms with Crippen LogP contribution in [0.2, 0.25) is 5.02 Å². The number of thioether (sulfide) groups is 1. The van der Waals surface area contributed by atoms with E-state index in [0.717, 1.165) is 0 Å². The first-order valence-corrected chi connectivity index (χ1v) is 9.07. The van der Waals surface area contributed by atoms with Crippen LogP contribution in [-0.4, -0.2) is 50.1 Å². The van der Waals surface area contributed by atoms with E-state index >= 15 is 0 Å². The van der Waals surface area contributed by atoms with Gasteiger partial charge < -0.3 is 21.3 Å². The number of benzene rings is 1. The molecule has 0 aromatic heterocycles. The van der Waals surface area contributed by atoms with E-state index in [0.29, 0.717) is 16.9 Å². The van der Waals surface area contributed by atoms with Crippen LogP contribution >= 0.6 is 23.4 Å². The molecule has 8 nitrogen and oxygen atoms in total. The summed E-state index contributed by atoms with van der Waals surface area (Å²) < 4.78 is 0. The van der Waals surface area contributed by atoms with Crippen molar-refractivity contribution < 1.29 is 24.6 Å². The Bertz CT molecular complexity index is 843. The minimum atomic E-state index is -1.17. The molecule has 2 aliphatic rings. The first-order valence-electron chi connectivity index (χ1n) is 7.64. The molecule has 1 fully saturated rings. The van der Waals surface area contributed by atoms with Gasteiger partial charge in [-0.3, -0.25) is 14.5 Å². The van der Waals surface area contributed by atoms with Crippen molar-refractivity contribution in [3.05, 3.63) is 40.1 Å². The Morgan fingerprint density at radius 3 is 2.77 bits per heavy atom. The van der Waals surface area contributed by atoms with Crippen molar-refractivity contribution >= 4 is 41.1 Å². The molecule has 2 heterocycles. The van der Waals surface area contributed by atoms with E-state index in [1.54, 1.807) is 6.92 Å². The molecule has 5 N–H and O–H groups in total. The molecule has 26 heavy (non-hydrogen) atoms. The number of carboxylic acid groups (broad SMARTS) is 1. The molecule has 1 aromatic rings. The number of carboxylic acids is 1. The maximum Gasteiger partial charge on any atom is 0.352 e. The molecule has 10 heteroatoms. The number of rotatable bonds is 4. The summed E-state index contributed by atoms with van der Waals surface area (Å²) in [4.78, 5) is 37.3. The van der Waals surface area contributed by atoms with Gasteiger partial charge in [-0.05, 0) is 30.2 Å². The Hall–Kier alpha value is -2.23. The number of nitrogens with two attached hydrogens (primary N) is 1. The summed E-state index contributed by atoms with van der Waals surface area (Å²) >= 11 is 7.20.